The van der Waals surface area contributed by atoms with E-state index in [0.29, 0.717) is 25.9 Å². The maximum Gasteiger partial charge on any atom is 0.0821 e. The molecule has 0 heterocycles. The fraction of sp³-hybridized carbons (Fsp3) is 0.533. The van der Waals surface area contributed by atoms with Gasteiger partial charge in [0.05, 0.1) is 12.2 Å². The lowest BCUT2D eigenvalue weighted by Gasteiger charge is -2.28. The predicted molar refractivity (Wildman–Crippen MR) is 151 cm³/mol. The van der Waals surface area contributed by atoms with Crippen molar-refractivity contribution in [3.05, 3.63) is 83.9 Å². The number of benzene rings is 2. The molecule has 6 nitrogen and oxygen atoms in total. The van der Waals surface area contributed by atoms with E-state index in [0.717, 1.165) is 50.0 Å². The van der Waals surface area contributed by atoms with Crippen LogP contribution in [-0.2, 0) is 12.8 Å². The van der Waals surface area contributed by atoms with Crippen LogP contribution < -0.4 is 11.5 Å². The number of hydrogen-bond acceptors (Lipinski definition) is 6. The lowest BCUT2D eigenvalue weighted by Crippen LogP contribution is -2.45. The molecule has 200 valence electrons. The lowest BCUT2D eigenvalue weighted by atomic mass is 10.0. The van der Waals surface area contributed by atoms with Crippen LogP contribution in [0.3, 0.4) is 0 Å². The monoisotopic (exact) mass is 496 g/mol. The summed E-state index contributed by atoms with van der Waals surface area (Å²) in [6, 6.07) is 19.6. The summed E-state index contributed by atoms with van der Waals surface area (Å²) in [7, 11) is 2.03. The van der Waals surface area contributed by atoms with Crippen molar-refractivity contribution < 1.29 is 10.2 Å². The Balaban J connectivity index is 1.73. The molecule has 4 atom stereocenters. The van der Waals surface area contributed by atoms with Gasteiger partial charge in [0.1, 0.15) is 0 Å². The summed E-state index contributed by atoms with van der Waals surface area (Å²) in [6.07, 6.45) is 7.56. The molecule has 6 N–H and O–H groups in total. The first-order valence-electron chi connectivity index (χ1n) is 13.4. The molecular weight excluding hydrogens is 448 g/mol. The van der Waals surface area contributed by atoms with Crippen molar-refractivity contribution in [1.29, 1.82) is 0 Å². The highest BCUT2D eigenvalue weighted by atomic mass is 16.3. The van der Waals surface area contributed by atoms with Crippen molar-refractivity contribution >= 4 is 0 Å². The Kier molecular flexibility index (Phi) is 14.6. The predicted octanol–water partition coefficient (Wildman–Crippen LogP) is 2.83. The Morgan fingerprint density at radius 1 is 0.750 bits per heavy atom. The van der Waals surface area contributed by atoms with Crippen LogP contribution in [0.4, 0.5) is 0 Å². The summed E-state index contributed by atoms with van der Waals surface area (Å²) in [5.41, 5.74) is 14.9. The summed E-state index contributed by atoms with van der Waals surface area (Å²) >= 11 is 0. The second-order valence-electron chi connectivity index (χ2n) is 9.95. The topological polar surface area (TPSA) is 99.0 Å². The third kappa shape index (κ3) is 12.3. The molecule has 0 spiro atoms. The van der Waals surface area contributed by atoms with Crippen LogP contribution in [0.2, 0.25) is 0 Å². The van der Waals surface area contributed by atoms with E-state index >= 15 is 0 Å². The van der Waals surface area contributed by atoms with Gasteiger partial charge in [0.25, 0.3) is 0 Å². The second-order valence-corrected chi connectivity index (χ2v) is 9.95. The maximum absolute atomic E-state index is 10.8. The molecule has 0 bridgehead atoms. The molecule has 0 fully saturated rings. The molecule has 0 amide bonds. The summed E-state index contributed by atoms with van der Waals surface area (Å²) in [4.78, 5) is 4.44. The van der Waals surface area contributed by atoms with Crippen molar-refractivity contribution in [2.75, 3.05) is 39.8 Å². The number of likely N-dealkylation sites (N-methyl/N-ethyl adjacent to an activating group) is 1. The highest BCUT2D eigenvalue weighted by Gasteiger charge is 2.19. The summed E-state index contributed by atoms with van der Waals surface area (Å²) in [6.45, 7) is 5.85. The van der Waals surface area contributed by atoms with E-state index in [-0.39, 0.29) is 12.1 Å². The minimum Gasteiger partial charge on any atom is -0.390 e. The zero-order chi connectivity index (χ0) is 26.2. The molecule has 36 heavy (non-hydrogen) atoms. The van der Waals surface area contributed by atoms with Crippen molar-refractivity contribution in [3.63, 3.8) is 0 Å². The van der Waals surface area contributed by atoms with E-state index in [1.807, 2.05) is 55.6 Å². The first-order chi connectivity index (χ1) is 17.4. The molecule has 0 saturated carbocycles. The minimum absolute atomic E-state index is 0.280. The fourth-order valence-corrected chi connectivity index (χ4v) is 4.36. The van der Waals surface area contributed by atoms with Gasteiger partial charge in [-0.15, -0.1) is 0 Å². The Labute approximate surface area is 218 Å². The van der Waals surface area contributed by atoms with Gasteiger partial charge < -0.3 is 26.6 Å². The number of unbranched alkanes of at least 4 members (excludes halogenated alkanes) is 1. The largest absolute Gasteiger partial charge is 0.390 e. The van der Waals surface area contributed by atoms with Crippen molar-refractivity contribution in [2.45, 2.75) is 63.3 Å². The average molecular weight is 497 g/mol. The molecule has 4 unspecified atom stereocenters. The Hall–Kier alpha value is -2.06. The molecule has 0 radical (unpaired) electrons. The summed E-state index contributed by atoms with van der Waals surface area (Å²) < 4.78 is 0. The van der Waals surface area contributed by atoms with Crippen molar-refractivity contribution in [1.82, 2.24) is 9.80 Å². The van der Waals surface area contributed by atoms with E-state index in [4.69, 9.17) is 11.5 Å². The number of aliphatic hydroxyl groups excluding tert-OH is 2. The van der Waals surface area contributed by atoms with Gasteiger partial charge in [-0.25, -0.2) is 0 Å². The third-order valence-corrected chi connectivity index (χ3v) is 6.59. The molecular formula is C30H48N4O2. The molecule has 2 aromatic carbocycles. The zero-order valence-corrected chi connectivity index (χ0v) is 22.3. The van der Waals surface area contributed by atoms with Gasteiger partial charge in [0, 0.05) is 31.7 Å². The number of allylic oxidation sites excluding steroid dienone is 1. The van der Waals surface area contributed by atoms with Gasteiger partial charge in [-0.3, -0.25) is 4.90 Å². The quantitative estimate of drug-likeness (QED) is 0.187. The molecule has 0 aliphatic carbocycles. The van der Waals surface area contributed by atoms with Gasteiger partial charge in [-0.1, -0.05) is 79.7 Å². The Morgan fingerprint density at radius 3 is 1.78 bits per heavy atom. The normalized spacial score (nSPS) is 15.4. The van der Waals surface area contributed by atoms with Crippen molar-refractivity contribution in [3.8, 4) is 0 Å². The Morgan fingerprint density at radius 2 is 1.25 bits per heavy atom. The smallest absolute Gasteiger partial charge is 0.0821 e. The van der Waals surface area contributed by atoms with Crippen LogP contribution >= 0.6 is 0 Å². The second kappa shape index (κ2) is 17.4. The minimum atomic E-state index is -0.579. The number of aliphatic hydroxyl groups is 2. The fourth-order valence-electron chi connectivity index (χ4n) is 4.36. The number of nitrogens with two attached hydrogens (primary N) is 2. The third-order valence-electron chi connectivity index (χ3n) is 6.59. The molecule has 0 aromatic heterocycles. The zero-order valence-electron chi connectivity index (χ0n) is 22.3. The van der Waals surface area contributed by atoms with E-state index < -0.39 is 12.2 Å². The van der Waals surface area contributed by atoms with Crippen LogP contribution in [0.15, 0.2) is 72.8 Å². The van der Waals surface area contributed by atoms with E-state index in [1.165, 1.54) is 0 Å². The van der Waals surface area contributed by atoms with Crippen LogP contribution in [-0.4, -0.2) is 84.1 Å². The van der Waals surface area contributed by atoms with E-state index in [2.05, 4.69) is 41.0 Å². The maximum atomic E-state index is 10.8. The molecule has 0 aliphatic rings. The van der Waals surface area contributed by atoms with Crippen molar-refractivity contribution in [2.24, 2.45) is 11.5 Å². The van der Waals surface area contributed by atoms with Crippen LogP contribution in [0.25, 0.3) is 0 Å². The van der Waals surface area contributed by atoms with Crippen LogP contribution in [0.1, 0.15) is 37.3 Å². The van der Waals surface area contributed by atoms with Gasteiger partial charge >= 0.3 is 0 Å². The SMILES string of the molecule is CCC=CCN(CCCCN(C)CC(O)C(N)Cc1ccccc1)CC(O)C(N)Cc1ccccc1. The number of rotatable bonds is 18. The molecule has 6 heteroatoms. The average Bonchev–Trinajstić information content (AvgIpc) is 2.87. The van der Waals surface area contributed by atoms with E-state index in [1.54, 1.807) is 0 Å². The molecule has 0 saturated heterocycles. The lowest BCUT2D eigenvalue weighted by molar-refractivity contribution is 0.0915. The molecule has 2 rings (SSSR count). The number of hydrogen-bond donors (Lipinski definition) is 4. The van der Waals surface area contributed by atoms with Gasteiger partial charge in [0.2, 0.25) is 0 Å². The summed E-state index contributed by atoms with van der Waals surface area (Å²) in [5.74, 6) is 0. The first kappa shape index (κ1) is 30.2. The standard InChI is InChI=1S/C30H48N4O2/c1-3-4-11-19-34(24-30(36)28(32)22-26-16-9-6-10-17-26)20-13-12-18-33(2)23-29(35)27(31)21-25-14-7-5-8-15-25/h4-11,14-17,27-30,35-36H,3,12-13,18-24,31-32H2,1-2H3. The van der Waals surface area contributed by atoms with Crippen LogP contribution in [0, 0.1) is 0 Å². The molecule has 2 aromatic rings. The summed E-state index contributed by atoms with van der Waals surface area (Å²) in [5, 5.41) is 21.3. The highest BCUT2D eigenvalue weighted by Crippen LogP contribution is 2.09. The Bertz CT molecular complexity index is 833. The van der Waals surface area contributed by atoms with Gasteiger partial charge in [-0.2, -0.15) is 0 Å². The number of nitrogens with zero attached hydrogens (tertiary/aromatic N) is 2. The highest BCUT2D eigenvalue weighted by molar-refractivity contribution is 5.17. The van der Waals surface area contributed by atoms with Gasteiger partial charge in [-0.05, 0) is 63.4 Å². The van der Waals surface area contributed by atoms with Gasteiger partial charge in [0.15, 0.2) is 0 Å². The molecule has 0 aliphatic heterocycles. The van der Waals surface area contributed by atoms with Crippen LogP contribution in [0.5, 0.6) is 0 Å². The first-order valence-corrected chi connectivity index (χ1v) is 13.4. The van der Waals surface area contributed by atoms with E-state index in [9.17, 15) is 10.2 Å².